The average molecular weight is 207 g/mol. The fourth-order valence-corrected chi connectivity index (χ4v) is 1.65. The van der Waals surface area contributed by atoms with Crippen molar-refractivity contribution >= 4 is 11.8 Å². The summed E-state index contributed by atoms with van der Waals surface area (Å²) in [6.07, 6.45) is 2.64. The van der Waals surface area contributed by atoms with Gasteiger partial charge in [-0.3, -0.25) is 5.43 Å². The molecule has 1 saturated carbocycles. The summed E-state index contributed by atoms with van der Waals surface area (Å²) < 4.78 is 0. The van der Waals surface area contributed by atoms with E-state index in [4.69, 9.17) is 5.84 Å². The second-order valence-corrected chi connectivity index (χ2v) is 4.13. The lowest BCUT2D eigenvalue weighted by Crippen LogP contribution is -2.19. The first-order chi connectivity index (χ1) is 7.19. The standard InChI is InChI=1S/C10H17N5/c1-6-5-9(14-10(12-6)15-11)13-7(2)8-3-4-8/h5,7-8H,3-4,11H2,1-2H3,(H2,12,13,14,15). The number of hydrogen-bond acceptors (Lipinski definition) is 5. The number of hydrazine groups is 1. The maximum absolute atomic E-state index is 5.29. The Balaban J connectivity index is 2.08. The summed E-state index contributed by atoms with van der Waals surface area (Å²) in [4.78, 5) is 8.38. The number of nitrogens with zero attached hydrogens (tertiary/aromatic N) is 2. The maximum Gasteiger partial charge on any atom is 0.239 e. The Morgan fingerprint density at radius 2 is 2.20 bits per heavy atom. The van der Waals surface area contributed by atoms with Crippen LogP contribution in [0.4, 0.5) is 11.8 Å². The van der Waals surface area contributed by atoms with Crippen LogP contribution in [0.15, 0.2) is 6.07 Å². The van der Waals surface area contributed by atoms with E-state index in [2.05, 4.69) is 27.6 Å². The van der Waals surface area contributed by atoms with Crippen LogP contribution in [-0.4, -0.2) is 16.0 Å². The van der Waals surface area contributed by atoms with Crippen molar-refractivity contribution in [3.8, 4) is 0 Å². The molecule has 1 atom stereocenters. The van der Waals surface area contributed by atoms with E-state index in [1.165, 1.54) is 12.8 Å². The van der Waals surface area contributed by atoms with Gasteiger partial charge in [0, 0.05) is 17.8 Å². The van der Waals surface area contributed by atoms with Gasteiger partial charge < -0.3 is 5.32 Å². The molecule has 2 rings (SSSR count). The van der Waals surface area contributed by atoms with Gasteiger partial charge in [0.15, 0.2) is 0 Å². The Bertz CT molecular complexity index is 348. The van der Waals surface area contributed by atoms with Gasteiger partial charge in [0.05, 0.1) is 0 Å². The van der Waals surface area contributed by atoms with Crippen molar-refractivity contribution in [3.63, 3.8) is 0 Å². The highest BCUT2D eigenvalue weighted by atomic mass is 15.3. The predicted molar refractivity (Wildman–Crippen MR) is 60.4 cm³/mol. The third kappa shape index (κ3) is 2.56. The van der Waals surface area contributed by atoms with Crippen LogP contribution >= 0.6 is 0 Å². The molecule has 1 aliphatic rings. The molecular weight excluding hydrogens is 190 g/mol. The fourth-order valence-electron chi connectivity index (χ4n) is 1.65. The quantitative estimate of drug-likeness (QED) is 0.512. The van der Waals surface area contributed by atoms with Crippen molar-refractivity contribution in [2.75, 3.05) is 10.7 Å². The van der Waals surface area contributed by atoms with E-state index in [9.17, 15) is 0 Å². The Morgan fingerprint density at radius 3 is 2.80 bits per heavy atom. The van der Waals surface area contributed by atoms with Crippen molar-refractivity contribution in [1.82, 2.24) is 9.97 Å². The van der Waals surface area contributed by atoms with Crippen molar-refractivity contribution in [1.29, 1.82) is 0 Å². The number of aromatic nitrogens is 2. The first-order valence-electron chi connectivity index (χ1n) is 5.28. The third-order valence-electron chi connectivity index (χ3n) is 2.69. The molecule has 0 spiro atoms. The first kappa shape index (κ1) is 10.2. The highest BCUT2D eigenvalue weighted by molar-refractivity contribution is 5.42. The van der Waals surface area contributed by atoms with Crippen molar-refractivity contribution in [2.24, 2.45) is 11.8 Å². The number of aryl methyl sites for hydroxylation is 1. The second-order valence-electron chi connectivity index (χ2n) is 4.13. The number of nitrogens with one attached hydrogen (secondary N) is 2. The van der Waals surface area contributed by atoms with Gasteiger partial charge in [-0.1, -0.05) is 0 Å². The summed E-state index contributed by atoms with van der Waals surface area (Å²) in [6.45, 7) is 4.11. The van der Waals surface area contributed by atoms with Crippen molar-refractivity contribution in [3.05, 3.63) is 11.8 Å². The maximum atomic E-state index is 5.29. The Labute approximate surface area is 89.5 Å². The number of hydrogen-bond donors (Lipinski definition) is 3. The molecule has 1 fully saturated rings. The number of nitrogens with two attached hydrogens (primary N) is 1. The highest BCUT2D eigenvalue weighted by Crippen LogP contribution is 2.33. The molecule has 1 unspecified atom stereocenters. The molecule has 82 valence electrons. The minimum atomic E-state index is 0.459. The summed E-state index contributed by atoms with van der Waals surface area (Å²) in [7, 11) is 0. The molecule has 4 N–H and O–H groups in total. The van der Waals surface area contributed by atoms with Gasteiger partial charge in [-0.25, -0.2) is 10.8 Å². The van der Waals surface area contributed by atoms with Crippen molar-refractivity contribution < 1.29 is 0 Å². The first-order valence-corrected chi connectivity index (χ1v) is 5.28. The van der Waals surface area contributed by atoms with Gasteiger partial charge in [0.1, 0.15) is 5.82 Å². The molecule has 0 bridgehead atoms. The number of nitrogen functional groups attached to an aromatic ring is 1. The lowest BCUT2D eigenvalue weighted by atomic mass is 10.2. The fraction of sp³-hybridized carbons (Fsp3) is 0.600. The molecule has 0 radical (unpaired) electrons. The monoisotopic (exact) mass is 207 g/mol. The summed E-state index contributed by atoms with van der Waals surface area (Å²) in [5.41, 5.74) is 3.37. The van der Waals surface area contributed by atoms with Crippen LogP contribution < -0.4 is 16.6 Å². The predicted octanol–water partition coefficient (Wildman–Crippen LogP) is 1.28. The minimum Gasteiger partial charge on any atom is -0.367 e. The number of rotatable bonds is 4. The van der Waals surface area contributed by atoms with Crippen LogP contribution in [0.5, 0.6) is 0 Å². The summed E-state index contributed by atoms with van der Waals surface area (Å²) in [6, 6.07) is 2.41. The van der Waals surface area contributed by atoms with Crippen LogP contribution in [0.3, 0.4) is 0 Å². The molecule has 1 aliphatic carbocycles. The van der Waals surface area contributed by atoms with Crippen LogP contribution in [0.2, 0.25) is 0 Å². The molecule has 0 saturated heterocycles. The van der Waals surface area contributed by atoms with E-state index in [-0.39, 0.29) is 0 Å². The number of anilines is 2. The molecule has 0 amide bonds. The van der Waals surface area contributed by atoms with E-state index in [1.54, 1.807) is 0 Å². The molecule has 0 aliphatic heterocycles. The average Bonchev–Trinajstić information content (AvgIpc) is 2.99. The van der Waals surface area contributed by atoms with E-state index >= 15 is 0 Å². The van der Waals surface area contributed by atoms with Gasteiger partial charge >= 0.3 is 0 Å². The zero-order valence-corrected chi connectivity index (χ0v) is 9.12. The van der Waals surface area contributed by atoms with Gasteiger partial charge in [0.25, 0.3) is 0 Å². The normalized spacial score (nSPS) is 17.3. The molecular formula is C10H17N5. The SMILES string of the molecule is Cc1cc(NC(C)C2CC2)nc(NN)n1. The zero-order valence-electron chi connectivity index (χ0n) is 9.12. The topological polar surface area (TPSA) is 75.9 Å². The smallest absolute Gasteiger partial charge is 0.239 e. The van der Waals surface area contributed by atoms with Crippen LogP contribution in [-0.2, 0) is 0 Å². The van der Waals surface area contributed by atoms with E-state index < -0.39 is 0 Å². The summed E-state index contributed by atoms with van der Waals surface area (Å²) in [5, 5.41) is 3.37. The summed E-state index contributed by atoms with van der Waals surface area (Å²) in [5.74, 6) is 7.39. The molecule has 1 heterocycles. The van der Waals surface area contributed by atoms with Gasteiger partial charge in [-0.15, -0.1) is 0 Å². The van der Waals surface area contributed by atoms with Crippen LogP contribution in [0, 0.1) is 12.8 Å². The Kier molecular flexibility index (Phi) is 2.73. The molecule has 15 heavy (non-hydrogen) atoms. The molecule has 1 aromatic heterocycles. The van der Waals surface area contributed by atoms with Crippen LogP contribution in [0.1, 0.15) is 25.5 Å². The van der Waals surface area contributed by atoms with Gasteiger partial charge in [-0.2, -0.15) is 4.98 Å². The summed E-state index contributed by atoms with van der Waals surface area (Å²) >= 11 is 0. The molecule has 5 heteroatoms. The lowest BCUT2D eigenvalue weighted by Gasteiger charge is -2.14. The lowest BCUT2D eigenvalue weighted by molar-refractivity contribution is 0.690. The van der Waals surface area contributed by atoms with E-state index in [0.717, 1.165) is 17.4 Å². The third-order valence-corrected chi connectivity index (χ3v) is 2.69. The van der Waals surface area contributed by atoms with Gasteiger partial charge in [-0.05, 0) is 32.6 Å². The highest BCUT2D eigenvalue weighted by Gasteiger charge is 2.28. The Hall–Kier alpha value is -1.36. The van der Waals surface area contributed by atoms with Crippen molar-refractivity contribution in [2.45, 2.75) is 32.7 Å². The van der Waals surface area contributed by atoms with Crippen LogP contribution in [0.25, 0.3) is 0 Å². The van der Waals surface area contributed by atoms with E-state index in [1.807, 2.05) is 13.0 Å². The van der Waals surface area contributed by atoms with Gasteiger partial charge in [0.2, 0.25) is 5.95 Å². The molecule has 0 aromatic carbocycles. The second kappa shape index (κ2) is 4.02. The Morgan fingerprint density at radius 1 is 1.47 bits per heavy atom. The molecule has 1 aromatic rings. The van der Waals surface area contributed by atoms with E-state index in [0.29, 0.717) is 12.0 Å². The molecule has 5 nitrogen and oxygen atoms in total. The largest absolute Gasteiger partial charge is 0.367 e. The zero-order chi connectivity index (χ0) is 10.8. The minimum absolute atomic E-state index is 0.459.